The number of para-hydroxylation sites is 2. The Labute approximate surface area is 169 Å². The molecule has 0 spiro atoms. The number of aromatic nitrogens is 2. The molecule has 0 bridgehead atoms. The van der Waals surface area contributed by atoms with E-state index in [1.165, 1.54) is 0 Å². The maximum absolute atomic E-state index is 12.2. The number of halogens is 1. The molecule has 3 aromatic rings. The first-order valence-electron chi connectivity index (χ1n) is 8.71. The van der Waals surface area contributed by atoms with Crippen LogP contribution in [0.5, 0.6) is 0 Å². The minimum Gasteiger partial charge on any atom is -0.360 e. The van der Waals surface area contributed by atoms with E-state index < -0.39 is 0 Å². The molecular weight excluding hydrogens is 428 g/mol. The van der Waals surface area contributed by atoms with Gasteiger partial charge in [0.15, 0.2) is 0 Å². The monoisotopic (exact) mass is 446 g/mol. The molecule has 2 aromatic heterocycles. The van der Waals surface area contributed by atoms with Crippen LogP contribution < -0.4 is 9.80 Å². The summed E-state index contributed by atoms with van der Waals surface area (Å²) < 4.78 is 6.54. The summed E-state index contributed by atoms with van der Waals surface area (Å²) in [5.41, 5.74) is 1.94. The van der Waals surface area contributed by atoms with Gasteiger partial charge in [-0.25, -0.2) is 0 Å². The Morgan fingerprint density at radius 1 is 1.26 bits per heavy atom. The molecule has 0 N–H and O–H groups in total. The number of carbonyl (C=O) groups is 1. The van der Waals surface area contributed by atoms with Crippen molar-refractivity contribution in [3.63, 3.8) is 0 Å². The summed E-state index contributed by atoms with van der Waals surface area (Å²) in [5.74, 6) is 1.53. The van der Waals surface area contributed by atoms with Crippen LogP contribution in [0.4, 0.5) is 11.4 Å². The van der Waals surface area contributed by atoms with Crippen LogP contribution in [0.1, 0.15) is 19.7 Å². The molecule has 1 aliphatic heterocycles. The summed E-state index contributed by atoms with van der Waals surface area (Å²) in [6.45, 7) is 5.77. The summed E-state index contributed by atoms with van der Waals surface area (Å²) in [6.07, 6.45) is 0. The third-order valence-electron chi connectivity index (χ3n) is 4.51. The van der Waals surface area contributed by atoms with Crippen LogP contribution in [-0.2, 0) is 11.3 Å². The van der Waals surface area contributed by atoms with Crippen molar-refractivity contribution in [2.45, 2.75) is 20.4 Å². The van der Waals surface area contributed by atoms with Gasteiger partial charge in [0.05, 0.1) is 26.6 Å². The van der Waals surface area contributed by atoms with Gasteiger partial charge in [0.1, 0.15) is 0 Å². The molecule has 1 aromatic carbocycles. The fraction of sp³-hybridized carbons (Fsp3) is 0.316. The molecule has 1 aliphatic rings. The number of nitrogens with zero attached hydrogens (tertiary/aromatic N) is 4. The predicted octanol–water partition coefficient (Wildman–Crippen LogP) is 4.57. The van der Waals surface area contributed by atoms with Gasteiger partial charge in [-0.05, 0) is 46.1 Å². The van der Waals surface area contributed by atoms with Gasteiger partial charge < -0.3 is 14.3 Å². The molecule has 0 aliphatic carbocycles. The fourth-order valence-corrected chi connectivity index (χ4v) is 4.68. The highest BCUT2D eigenvalue weighted by Crippen LogP contribution is 2.35. The molecule has 27 heavy (non-hydrogen) atoms. The molecule has 6 nitrogen and oxygen atoms in total. The van der Waals surface area contributed by atoms with Gasteiger partial charge in [-0.1, -0.05) is 24.2 Å². The fourth-order valence-electron chi connectivity index (χ4n) is 3.37. The van der Waals surface area contributed by atoms with E-state index in [2.05, 4.69) is 37.9 Å². The van der Waals surface area contributed by atoms with Crippen LogP contribution in [0.15, 0.2) is 44.7 Å². The zero-order valence-electron chi connectivity index (χ0n) is 15.1. The highest BCUT2D eigenvalue weighted by Gasteiger charge is 2.27. The Balaban J connectivity index is 1.64. The van der Waals surface area contributed by atoms with Crippen LogP contribution in [0.3, 0.4) is 0 Å². The lowest BCUT2D eigenvalue weighted by Crippen LogP contribution is -2.33. The third-order valence-corrected chi connectivity index (χ3v) is 6.13. The van der Waals surface area contributed by atoms with Crippen molar-refractivity contribution < 1.29 is 9.32 Å². The quantitative estimate of drug-likeness (QED) is 0.589. The largest absolute Gasteiger partial charge is 0.360 e. The zero-order chi connectivity index (χ0) is 19.0. The molecule has 4 rings (SSSR count). The lowest BCUT2D eigenvalue weighted by molar-refractivity contribution is -0.116. The molecule has 3 heterocycles. The molecule has 1 atom stereocenters. The van der Waals surface area contributed by atoms with Crippen LogP contribution in [-0.4, -0.2) is 29.1 Å². The number of thiophene rings is 1. The number of anilines is 2. The Bertz CT molecular complexity index is 970. The maximum Gasteiger partial charge on any atom is 0.246 e. The molecular formula is C19H19BrN4O2S. The van der Waals surface area contributed by atoms with Crippen LogP contribution >= 0.6 is 27.3 Å². The number of amides is 1. The third kappa shape index (κ3) is 3.77. The van der Waals surface area contributed by atoms with E-state index >= 15 is 0 Å². The first-order valence-corrected chi connectivity index (χ1v) is 10.3. The number of benzene rings is 1. The molecule has 0 saturated heterocycles. The van der Waals surface area contributed by atoms with Crippen LogP contribution in [0.2, 0.25) is 0 Å². The average Bonchev–Trinajstić information content (AvgIpc) is 3.24. The predicted molar refractivity (Wildman–Crippen MR) is 110 cm³/mol. The second-order valence-electron chi connectivity index (χ2n) is 6.72. The number of rotatable bonds is 3. The van der Waals surface area contributed by atoms with E-state index in [0.717, 1.165) is 26.6 Å². The highest BCUT2D eigenvalue weighted by atomic mass is 79.9. The first-order chi connectivity index (χ1) is 13.0. The van der Waals surface area contributed by atoms with Crippen molar-refractivity contribution in [2.24, 2.45) is 5.92 Å². The van der Waals surface area contributed by atoms with E-state index in [9.17, 15) is 4.79 Å². The Kier molecular flexibility index (Phi) is 5.01. The topological polar surface area (TPSA) is 62.5 Å². The summed E-state index contributed by atoms with van der Waals surface area (Å²) >= 11 is 5.03. The van der Waals surface area contributed by atoms with Gasteiger partial charge in [0, 0.05) is 20.0 Å². The Hall–Kier alpha value is -2.19. The second-order valence-corrected chi connectivity index (χ2v) is 9.18. The van der Waals surface area contributed by atoms with Crippen molar-refractivity contribution in [1.82, 2.24) is 10.1 Å². The summed E-state index contributed by atoms with van der Waals surface area (Å²) in [6, 6.07) is 11.9. The normalized spacial score (nSPS) is 16.9. The van der Waals surface area contributed by atoms with Crippen molar-refractivity contribution in [2.75, 3.05) is 22.9 Å². The van der Waals surface area contributed by atoms with Gasteiger partial charge in [-0.2, -0.15) is 4.98 Å². The van der Waals surface area contributed by atoms with Gasteiger partial charge >= 0.3 is 0 Å². The Morgan fingerprint density at radius 2 is 2.04 bits per heavy atom. The Morgan fingerprint density at radius 3 is 2.74 bits per heavy atom. The molecule has 140 valence electrons. The van der Waals surface area contributed by atoms with E-state index in [4.69, 9.17) is 4.52 Å². The number of hydrogen-bond donors (Lipinski definition) is 0. The molecule has 8 heteroatoms. The standard InChI is InChI=1S/C19H19BrN4O2S/c1-12-9-23(14-5-3-4-6-15(14)24(10-12)13(2)25)11-18-21-19(22-26-18)16-7-8-17(20)27-16/h3-8,12H,9-11H2,1-2H3/t12-/m1/s1. The smallest absolute Gasteiger partial charge is 0.246 e. The van der Waals surface area contributed by atoms with Gasteiger partial charge in [-0.15, -0.1) is 11.3 Å². The van der Waals surface area contributed by atoms with E-state index in [0.29, 0.717) is 30.7 Å². The zero-order valence-corrected chi connectivity index (χ0v) is 17.5. The minimum atomic E-state index is 0.0551. The highest BCUT2D eigenvalue weighted by molar-refractivity contribution is 9.11. The van der Waals surface area contributed by atoms with Crippen molar-refractivity contribution in [3.8, 4) is 10.7 Å². The summed E-state index contributed by atoms with van der Waals surface area (Å²) in [5, 5.41) is 4.12. The van der Waals surface area contributed by atoms with Gasteiger partial charge in [0.2, 0.25) is 17.6 Å². The summed E-state index contributed by atoms with van der Waals surface area (Å²) in [4.78, 5) is 21.7. The maximum atomic E-state index is 12.2. The molecule has 0 fully saturated rings. The van der Waals surface area contributed by atoms with Crippen LogP contribution in [0.25, 0.3) is 10.7 Å². The number of hydrogen-bond acceptors (Lipinski definition) is 6. The second kappa shape index (κ2) is 7.44. The van der Waals surface area contributed by atoms with E-state index in [1.807, 2.05) is 41.3 Å². The lowest BCUT2D eigenvalue weighted by atomic mass is 10.1. The van der Waals surface area contributed by atoms with Gasteiger partial charge in [0.25, 0.3) is 0 Å². The molecule has 0 radical (unpaired) electrons. The average molecular weight is 447 g/mol. The van der Waals surface area contributed by atoms with Crippen molar-refractivity contribution >= 4 is 44.5 Å². The van der Waals surface area contributed by atoms with Gasteiger partial charge in [-0.3, -0.25) is 4.79 Å². The molecule has 1 amide bonds. The minimum absolute atomic E-state index is 0.0551. The van der Waals surface area contributed by atoms with E-state index in [1.54, 1.807) is 18.3 Å². The molecule has 0 saturated carbocycles. The number of carbonyl (C=O) groups excluding carboxylic acids is 1. The summed E-state index contributed by atoms with van der Waals surface area (Å²) in [7, 11) is 0. The van der Waals surface area contributed by atoms with E-state index in [-0.39, 0.29) is 5.91 Å². The first kappa shape index (κ1) is 18.2. The van der Waals surface area contributed by atoms with Crippen LogP contribution in [0, 0.1) is 5.92 Å². The SMILES string of the molecule is CC(=O)N1C[C@H](C)CN(Cc2nc(-c3ccc(Br)s3)no2)c2ccccc21. The van der Waals surface area contributed by atoms with Crippen molar-refractivity contribution in [3.05, 3.63) is 46.1 Å². The molecule has 0 unspecified atom stereocenters. The lowest BCUT2D eigenvalue weighted by Gasteiger charge is -2.25. The number of fused-ring (bicyclic) bond motifs is 1. The van der Waals surface area contributed by atoms with Crippen molar-refractivity contribution in [1.29, 1.82) is 0 Å².